The van der Waals surface area contributed by atoms with Crippen LogP contribution in [0.1, 0.15) is 16.1 Å². The minimum Gasteiger partial charge on any atom is -0.497 e. The smallest absolute Gasteiger partial charge is 0.416 e. The molecule has 0 saturated heterocycles. The predicted molar refractivity (Wildman–Crippen MR) is 110 cm³/mol. The molecule has 0 aliphatic heterocycles. The number of halogens is 3. The molecule has 0 fully saturated rings. The number of aromatic nitrogens is 2. The normalized spacial score (nSPS) is 11.0. The zero-order chi connectivity index (χ0) is 23.3. The van der Waals surface area contributed by atoms with E-state index >= 15 is 0 Å². The predicted octanol–water partition coefficient (Wildman–Crippen LogP) is 3.16. The molecular formula is C21H17F3N4O4. The van der Waals surface area contributed by atoms with Crippen LogP contribution in [-0.4, -0.2) is 28.7 Å². The fraction of sp³-hybridized carbons (Fsp3) is 0.143. The van der Waals surface area contributed by atoms with Crippen LogP contribution in [0.15, 0.2) is 65.5 Å². The van der Waals surface area contributed by atoms with E-state index in [1.54, 1.807) is 24.3 Å². The quantitative estimate of drug-likeness (QED) is 0.606. The lowest BCUT2D eigenvalue weighted by molar-refractivity contribution is -0.137. The van der Waals surface area contributed by atoms with Gasteiger partial charge in [-0.3, -0.25) is 14.4 Å². The molecule has 0 radical (unpaired) electrons. The molecule has 0 unspecified atom stereocenters. The van der Waals surface area contributed by atoms with Gasteiger partial charge in [-0.25, -0.2) is 4.68 Å². The molecule has 2 amide bonds. The number of ether oxygens (including phenoxy) is 1. The molecule has 2 aromatic carbocycles. The Kier molecular flexibility index (Phi) is 6.57. The molecule has 0 atom stereocenters. The third kappa shape index (κ3) is 5.72. The molecule has 0 aliphatic carbocycles. The second kappa shape index (κ2) is 9.33. The van der Waals surface area contributed by atoms with E-state index in [9.17, 15) is 27.6 Å². The number of methoxy groups -OCH3 is 1. The van der Waals surface area contributed by atoms with E-state index < -0.39 is 35.7 Å². The average Bonchev–Trinajstić information content (AvgIpc) is 2.75. The number of hydrogen-bond acceptors (Lipinski definition) is 5. The van der Waals surface area contributed by atoms with Gasteiger partial charge in [0.1, 0.15) is 18.0 Å². The SMILES string of the molecule is COc1ccc(NC(=O)c2ccc(=O)n(CC(=O)Nc3cccc(C(F)(F)F)c3)n2)cc1. The maximum atomic E-state index is 12.8. The zero-order valence-electron chi connectivity index (χ0n) is 16.6. The van der Waals surface area contributed by atoms with Crippen molar-refractivity contribution in [2.75, 3.05) is 17.7 Å². The van der Waals surface area contributed by atoms with Gasteiger partial charge in [-0.1, -0.05) is 6.07 Å². The van der Waals surface area contributed by atoms with Crippen molar-refractivity contribution in [2.24, 2.45) is 0 Å². The summed E-state index contributed by atoms with van der Waals surface area (Å²) in [5, 5.41) is 8.74. The highest BCUT2D eigenvalue weighted by Crippen LogP contribution is 2.30. The van der Waals surface area contributed by atoms with Crippen molar-refractivity contribution in [1.82, 2.24) is 9.78 Å². The second-order valence-electron chi connectivity index (χ2n) is 6.52. The van der Waals surface area contributed by atoms with Gasteiger partial charge in [0.25, 0.3) is 11.5 Å². The van der Waals surface area contributed by atoms with Gasteiger partial charge in [0, 0.05) is 17.4 Å². The van der Waals surface area contributed by atoms with Crippen molar-refractivity contribution in [2.45, 2.75) is 12.7 Å². The third-order valence-electron chi connectivity index (χ3n) is 4.21. The standard InChI is InChI=1S/C21H17F3N4O4/c1-32-16-7-5-14(6-8-16)26-20(31)17-9-10-19(30)28(27-17)12-18(29)25-15-4-2-3-13(11-15)21(22,23)24/h2-11H,12H2,1H3,(H,25,29)(H,26,31). The summed E-state index contributed by atoms with van der Waals surface area (Å²) in [6.07, 6.45) is -4.56. The molecule has 32 heavy (non-hydrogen) atoms. The Morgan fingerprint density at radius 3 is 2.38 bits per heavy atom. The Hall–Kier alpha value is -4.15. The summed E-state index contributed by atoms with van der Waals surface area (Å²) in [4.78, 5) is 36.7. The van der Waals surface area contributed by atoms with Crippen LogP contribution < -0.4 is 20.9 Å². The lowest BCUT2D eigenvalue weighted by atomic mass is 10.2. The van der Waals surface area contributed by atoms with Gasteiger partial charge in [-0.05, 0) is 48.5 Å². The van der Waals surface area contributed by atoms with Crippen LogP contribution in [0.2, 0.25) is 0 Å². The molecule has 2 N–H and O–H groups in total. The minimum atomic E-state index is -4.56. The first-order valence-electron chi connectivity index (χ1n) is 9.16. The minimum absolute atomic E-state index is 0.0914. The highest BCUT2D eigenvalue weighted by Gasteiger charge is 2.30. The highest BCUT2D eigenvalue weighted by atomic mass is 19.4. The number of anilines is 2. The van der Waals surface area contributed by atoms with Crippen molar-refractivity contribution < 1.29 is 27.5 Å². The van der Waals surface area contributed by atoms with Crippen LogP contribution in [0.3, 0.4) is 0 Å². The van der Waals surface area contributed by atoms with E-state index in [2.05, 4.69) is 15.7 Å². The Labute approximate surface area is 179 Å². The van der Waals surface area contributed by atoms with Gasteiger partial charge in [0.05, 0.1) is 12.7 Å². The molecule has 1 heterocycles. The van der Waals surface area contributed by atoms with Gasteiger partial charge in [0.15, 0.2) is 0 Å². The Balaban J connectivity index is 1.70. The van der Waals surface area contributed by atoms with Crippen LogP contribution in [0.25, 0.3) is 0 Å². The lowest BCUT2D eigenvalue weighted by Crippen LogP contribution is -2.31. The van der Waals surface area contributed by atoms with Gasteiger partial charge in [-0.2, -0.15) is 18.3 Å². The number of carbonyl (C=O) groups is 2. The van der Waals surface area contributed by atoms with Crippen molar-refractivity contribution in [3.05, 3.63) is 82.3 Å². The molecule has 1 aromatic heterocycles. The van der Waals surface area contributed by atoms with Crippen LogP contribution in [0.5, 0.6) is 5.75 Å². The summed E-state index contributed by atoms with van der Waals surface area (Å²) in [5.41, 5.74) is -1.36. The van der Waals surface area contributed by atoms with Crippen LogP contribution in [0, 0.1) is 0 Å². The number of benzene rings is 2. The monoisotopic (exact) mass is 446 g/mol. The van der Waals surface area contributed by atoms with E-state index in [0.29, 0.717) is 11.4 Å². The Morgan fingerprint density at radius 2 is 1.72 bits per heavy atom. The first-order chi connectivity index (χ1) is 15.2. The highest BCUT2D eigenvalue weighted by molar-refractivity contribution is 6.02. The fourth-order valence-corrected chi connectivity index (χ4v) is 2.66. The van der Waals surface area contributed by atoms with E-state index in [4.69, 9.17) is 4.74 Å². The topological polar surface area (TPSA) is 102 Å². The van der Waals surface area contributed by atoms with Gasteiger partial charge in [-0.15, -0.1) is 0 Å². The van der Waals surface area contributed by atoms with Gasteiger partial charge in [0.2, 0.25) is 5.91 Å². The molecule has 166 valence electrons. The lowest BCUT2D eigenvalue weighted by Gasteiger charge is -2.11. The average molecular weight is 446 g/mol. The number of nitrogens with zero attached hydrogens (tertiary/aromatic N) is 2. The summed E-state index contributed by atoms with van der Waals surface area (Å²) >= 11 is 0. The number of alkyl halides is 3. The molecule has 3 aromatic rings. The molecule has 8 nitrogen and oxygen atoms in total. The first-order valence-corrected chi connectivity index (χ1v) is 9.16. The Morgan fingerprint density at radius 1 is 1.00 bits per heavy atom. The Bertz CT molecular complexity index is 1190. The summed E-state index contributed by atoms with van der Waals surface area (Å²) < 4.78 is 44.2. The number of carbonyl (C=O) groups excluding carboxylic acids is 2. The van der Waals surface area contributed by atoms with E-state index in [0.717, 1.165) is 28.9 Å². The largest absolute Gasteiger partial charge is 0.497 e. The van der Waals surface area contributed by atoms with E-state index in [-0.39, 0.29) is 11.4 Å². The van der Waals surface area contributed by atoms with Crippen molar-refractivity contribution in [3.8, 4) is 5.75 Å². The number of nitrogens with one attached hydrogen (secondary N) is 2. The summed E-state index contributed by atoms with van der Waals surface area (Å²) in [6.45, 7) is -0.598. The van der Waals surface area contributed by atoms with Crippen molar-refractivity contribution >= 4 is 23.2 Å². The van der Waals surface area contributed by atoms with Crippen molar-refractivity contribution in [1.29, 1.82) is 0 Å². The maximum Gasteiger partial charge on any atom is 0.416 e. The molecule has 0 aliphatic rings. The molecule has 0 saturated carbocycles. The van der Waals surface area contributed by atoms with Gasteiger partial charge < -0.3 is 15.4 Å². The zero-order valence-corrected chi connectivity index (χ0v) is 16.6. The molecular weight excluding hydrogens is 429 g/mol. The van der Waals surface area contributed by atoms with Crippen LogP contribution in [-0.2, 0) is 17.5 Å². The number of hydrogen-bond donors (Lipinski definition) is 2. The van der Waals surface area contributed by atoms with E-state index in [1.807, 2.05) is 0 Å². The molecule has 11 heteroatoms. The molecule has 0 bridgehead atoms. The summed E-state index contributed by atoms with van der Waals surface area (Å²) in [6, 6.07) is 12.8. The number of rotatable bonds is 6. The molecule has 0 spiro atoms. The maximum absolute atomic E-state index is 12.8. The number of amides is 2. The second-order valence-corrected chi connectivity index (χ2v) is 6.52. The van der Waals surface area contributed by atoms with Crippen LogP contribution >= 0.6 is 0 Å². The summed E-state index contributed by atoms with van der Waals surface area (Å²) in [5.74, 6) is -0.810. The van der Waals surface area contributed by atoms with E-state index in [1.165, 1.54) is 19.2 Å². The first kappa shape index (κ1) is 22.5. The summed E-state index contributed by atoms with van der Waals surface area (Å²) in [7, 11) is 1.50. The van der Waals surface area contributed by atoms with Crippen LogP contribution in [0.4, 0.5) is 24.5 Å². The fourth-order valence-electron chi connectivity index (χ4n) is 2.66. The van der Waals surface area contributed by atoms with Gasteiger partial charge >= 0.3 is 6.18 Å². The van der Waals surface area contributed by atoms with Crippen molar-refractivity contribution in [3.63, 3.8) is 0 Å². The molecule has 3 rings (SSSR count). The third-order valence-corrected chi connectivity index (χ3v) is 4.21.